The van der Waals surface area contributed by atoms with Crippen molar-refractivity contribution >= 4 is 11.8 Å². The fourth-order valence-corrected chi connectivity index (χ4v) is 9.31. The smallest absolute Gasteiger partial charge is 0.306 e. The maximum absolute atomic E-state index is 13.0. The summed E-state index contributed by atoms with van der Waals surface area (Å²) in [7, 11) is 0. The molecule has 0 saturated heterocycles. The molecular weight excluding hydrogens is 460 g/mol. The Morgan fingerprint density at radius 2 is 1.65 bits per heavy atom. The number of carbonyl (C=O) groups is 2. The van der Waals surface area contributed by atoms with Crippen LogP contribution in [0.2, 0.25) is 0 Å². The Morgan fingerprint density at radius 1 is 0.973 bits per heavy atom. The van der Waals surface area contributed by atoms with Gasteiger partial charge in [0.2, 0.25) is 0 Å². The van der Waals surface area contributed by atoms with E-state index in [2.05, 4.69) is 26.8 Å². The Bertz CT molecular complexity index is 832. The molecule has 4 unspecified atom stereocenters. The Hall–Kier alpha value is -1.16. The molecular formula is C33H54O4. The van der Waals surface area contributed by atoms with Gasteiger partial charge in [-0.1, -0.05) is 83.8 Å². The van der Waals surface area contributed by atoms with E-state index in [-0.39, 0.29) is 28.8 Å². The third kappa shape index (κ3) is 5.89. The summed E-state index contributed by atoms with van der Waals surface area (Å²) >= 11 is 0. The van der Waals surface area contributed by atoms with Crippen LogP contribution in [0.1, 0.15) is 137 Å². The molecule has 3 fully saturated rings. The molecule has 4 nitrogen and oxygen atoms in total. The van der Waals surface area contributed by atoms with E-state index in [9.17, 15) is 14.7 Å². The van der Waals surface area contributed by atoms with E-state index < -0.39 is 6.10 Å². The van der Waals surface area contributed by atoms with Crippen LogP contribution >= 0.6 is 0 Å². The van der Waals surface area contributed by atoms with Crippen LogP contribution in [-0.4, -0.2) is 29.1 Å². The van der Waals surface area contributed by atoms with E-state index in [0.717, 1.165) is 44.9 Å². The molecule has 37 heavy (non-hydrogen) atoms. The first-order valence-electron chi connectivity index (χ1n) is 15.8. The first kappa shape index (κ1) is 28.8. The van der Waals surface area contributed by atoms with Crippen molar-refractivity contribution in [3.8, 4) is 0 Å². The molecule has 0 radical (unpaired) electrons. The first-order chi connectivity index (χ1) is 17.7. The molecule has 0 heterocycles. The van der Waals surface area contributed by atoms with Gasteiger partial charge in [0.15, 0.2) is 0 Å². The molecule has 0 aliphatic heterocycles. The zero-order valence-corrected chi connectivity index (χ0v) is 24.2. The van der Waals surface area contributed by atoms with Crippen LogP contribution in [0.15, 0.2) is 11.6 Å². The van der Waals surface area contributed by atoms with E-state index >= 15 is 0 Å². The summed E-state index contributed by atoms with van der Waals surface area (Å²) in [5.74, 6) is 2.07. The SMILES string of the molecule is CCCCCCCCCCCC(=O)OC1C[C@@H](O)CC2=CCC3C(CC[C@@]4(C)C3CC[C@@H]4C(C)=O)[C@]21C. The highest BCUT2D eigenvalue weighted by Crippen LogP contribution is 2.66. The minimum Gasteiger partial charge on any atom is -0.461 e. The number of aliphatic hydroxyl groups excluding tert-OH is 1. The standard InChI is InChI=1S/C33H54O4/c1-5-6-7-8-9-10-11-12-13-14-31(36)37-30-22-25(35)21-24-15-16-26-28-18-17-27(23(2)34)32(28,3)20-19-29(26)33(24,30)4/h15,25-30,35H,5-14,16-22H2,1-4H3/t25-,26?,27+,28?,29?,30?,32+,33-/m0/s1. The van der Waals surface area contributed by atoms with Crippen LogP contribution < -0.4 is 0 Å². The fourth-order valence-electron chi connectivity index (χ4n) is 9.31. The van der Waals surface area contributed by atoms with Gasteiger partial charge < -0.3 is 9.84 Å². The lowest BCUT2D eigenvalue weighted by atomic mass is 9.46. The molecule has 3 saturated carbocycles. The number of hydrogen-bond acceptors (Lipinski definition) is 4. The summed E-state index contributed by atoms with van der Waals surface area (Å²) in [5.41, 5.74) is 1.25. The van der Waals surface area contributed by atoms with Gasteiger partial charge in [0.25, 0.3) is 0 Å². The number of Topliss-reactive ketones (excluding diaryl/α,β-unsaturated/α-hetero) is 1. The number of ketones is 1. The van der Waals surface area contributed by atoms with E-state index in [4.69, 9.17) is 4.74 Å². The van der Waals surface area contributed by atoms with Crippen LogP contribution in [-0.2, 0) is 14.3 Å². The second-order valence-corrected chi connectivity index (χ2v) is 13.6. The molecule has 4 aliphatic rings. The molecule has 4 aliphatic carbocycles. The number of rotatable bonds is 12. The molecule has 8 atom stereocenters. The number of fused-ring (bicyclic) bond motifs is 5. The number of aliphatic hydroxyl groups is 1. The van der Waals surface area contributed by atoms with Crippen molar-refractivity contribution in [3.05, 3.63) is 11.6 Å². The number of ether oxygens (including phenoxy) is 1. The summed E-state index contributed by atoms with van der Waals surface area (Å²) in [6.07, 6.45) is 20.0. The lowest BCUT2D eigenvalue weighted by molar-refractivity contribution is -0.169. The number of esters is 1. The molecule has 210 valence electrons. The lowest BCUT2D eigenvalue weighted by Crippen LogP contribution is -2.56. The second-order valence-electron chi connectivity index (χ2n) is 13.6. The van der Waals surface area contributed by atoms with E-state index in [1.165, 1.54) is 50.5 Å². The molecule has 4 heteroatoms. The monoisotopic (exact) mass is 514 g/mol. The van der Waals surface area contributed by atoms with Gasteiger partial charge in [-0.05, 0) is 75.0 Å². The van der Waals surface area contributed by atoms with Crippen LogP contribution in [0.25, 0.3) is 0 Å². The van der Waals surface area contributed by atoms with Gasteiger partial charge in [0.1, 0.15) is 11.9 Å². The maximum Gasteiger partial charge on any atom is 0.306 e. The van der Waals surface area contributed by atoms with Gasteiger partial charge in [-0.3, -0.25) is 9.59 Å². The van der Waals surface area contributed by atoms with Gasteiger partial charge in [-0.15, -0.1) is 0 Å². The molecule has 0 aromatic rings. The Morgan fingerprint density at radius 3 is 2.32 bits per heavy atom. The van der Waals surface area contributed by atoms with Gasteiger partial charge in [-0.2, -0.15) is 0 Å². The summed E-state index contributed by atoms with van der Waals surface area (Å²) in [6, 6.07) is 0. The Labute approximate surface area is 226 Å². The zero-order chi connectivity index (χ0) is 26.6. The minimum absolute atomic E-state index is 0.0806. The van der Waals surface area contributed by atoms with Gasteiger partial charge in [0.05, 0.1) is 6.10 Å². The van der Waals surface area contributed by atoms with Crippen LogP contribution in [0.4, 0.5) is 0 Å². The van der Waals surface area contributed by atoms with E-state index in [1.54, 1.807) is 6.92 Å². The van der Waals surface area contributed by atoms with Crippen LogP contribution in [0.3, 0.4) is 0 Å². The second kappa shape index (κ2) is 12.3. The minimum atomic E-state index is -0.427. The Balaban J connectivity index is 1.36. The lowest BCUT2D eigenvalue weighted by Gasteiger charge is -2.59. The van der Waals surface area contributed by atoms with Gasteiger partial charge >= 0.3 is 5.97 Å². The van der Waals surface area contributed by atoms with Crippen molar-refractivity contribution < 1.29 is 19.4 Å². The molecule has 0 amide bonds. The summed E-state index contributed by atoms with van der Waals surface area (Å²) in [4.78, 5) is 25.5. The average molecular weight is 515 g/mol. The van der Waals surface area contributed by atoms with E-state index in [1.807, 2.05) is 0 Å². The predicted molar refractivity (Wildman–Crippen MR) is 149 cm³/mol. The quantitative estimate of drug-likeness (QED) is 0.163. The number of carbonyl (C=O) groups excluding carboxylic acids is 2. The third-order valence-corrected chi connectivity index (χ3v) is 11.4. The van der Waals surface area contributed by atoms with Crippen LogP contribution in [0, 0.1) is 34.5 Å². The first-order valence-corrected chi connectivity index (χ1v) is 15.8. The molecule has 0 bridgehead atoms. The fraction of sp³-hybridized carbons (Fsp3) is 0.879. The topological polar surface area (TPSA) is 63.6 Å². The van der Waals surface area contributed by atoms with Crippen LogP contribution in [0.5, 0.6) is 0 Å². The van der Waals surface area contributed by atoms with Crippen molar-refractivity contribution in [2.45, 2.75) is 149 Å². The predicted octanol–water partition coefficient (Wildman–Crippen LogP) is 7.96. The molecule has 1 N–H and O–H groups in total. The molecule has 0 aromatic heterocycles. The zero-order valence-electron chi connectivity index (χ0n) is 24.2. The number of allylic oxidation sites excluding steroid dienone is 1. The highest BCUT2D eigenvalue weighted by atomic mass is 16.5. The number of unbranched alkanes of at least 4 members (excludes halogenated alkanes) is 8. The van der Waals surface area contributed by atoms with Gasteiger partial charge in [-0.25, -0.2) is 0 Å². The molecule has 0 aromatic carbocycles. The summed E-state index contributed by atoms with van der Waals surface area (Å²) < 4.78 is 6.26. The van der Waals surface area contributed by atoms with Crippen molar-refractivity contribution in [2.24, 2.45) is 34.5 Å². The van der Waals surface area contributed by atoms with Gasteiger partial charge in [0, 0.05) is 24.2 Å². The van der Waals surface area contributed by atoms with Crippen molar-refractivity contribution in [3.63, 3.8) is 0 Å². The van der Waals surface area contributed by atoms with E-state index in [0.29, 0.717) is 42.8 Å². The third-order valence-electron chi connectivity index (χ3n) is 11.4. The molecule has 4 rings (SSSR count). The highest BCUT2D eigenvalue weighted by Gasteiger charge is 2.61. The van der Waals surface area contributed by atoms with Crippen molar-refractivity contribution in [2.75, 3.05) is 0 Å². The number of hydrogen-bond donors (Lipinski definition) is 1. The average Bonchev–Trinajstić information content (AvgIpc) is 3.21. The molecule has 0 spiro atoms. The Kier molecular flexibility index (Phi) is 9.62. The maximum atomic E-state index is 13.0. The van der Waals surface area contributed by atoms with Crippen molar-refractivity contribution in [1.82, 2.24) is 0 Å². The highest BCUT2D eigenvalue weighted by molar-refractivity contribution is 5.79. The summed E-state index contributed by atoms with van der Waals surface area (Å²) in [5, 5.41) is 10.7. The summed E-state index contributed by atoms with van der Waals surface area (Å²) in [6.45, 7) is 8.75. The normalized spacial score (nSPS) is 38.8. The largest absolute Gasteiger partial charge is 0.461 e. The van der Waals surface area contributed by atoms with Crippen molar-refractivity contribution in [1.29, 1.82) is 0 Å².